The monoisotopic (exact) mass is 2070 g/mol. The summed E-state index contributed by atoms with van der Waals surface area (Å²) >= 11 is 12.7. The van der Waals surface area contributed by atoms with Crippen molar-refractivity contribution in [1.29, 1.82) is 0 Å². The van der Waals surface area contributed by atoms with Gasteiger partial charge in [0.2, 0.25) is 11.8 Å². The lowest BCUT2D eigenvalue weighted by molar-refractivity contribution is -0.118. The van der Waals surface area contributed by atoms with E-state index in [1.165, 1.54) is 46.3 Å². The molecule has 730 valence electrons. The first kappa shape index (κ1) is 102. The minimum Gasteiger partial charge on any atom is -0.433 e. The maximum Gasteiger partial charge on any atom is 0.387 e. The Morgan fingerprint density at radius 1 is 0.532 bits per heavy atom. The molecule has 10 aromatic heterocycles. The summed E-state index contributed by atoms with van der Waals surface area (Å²) in [6.45, 7) is 22.7. The van der Waals surface area contributed by atoms with Crippen LogP contribution in [0.5, 0.6) is 11.5 Å². The molecule has 139 heavy (non-hydrogen) atoms. The van der Waals surface area contributed by atoms with Crippen molar-refractivity contribution in [3.05, 3.63) is 297 Å². The zero-order valence-corrected chi connectivity index (χ0v) is 84.1. The fourth-order valence-electron chi connectivity index (χ4n) is 15.5. The molecule has 0 spiro atoms. The summed E-state index contributed by atoms with van der Waals surface area (Å²) in [5.41, 5.74) is 13.6. The number of aromatic nitrogens is 11. The van der Waals surface area contributed by atoms with Crippen LogP contribution in [-0.4, -0.2) is 234 Å². The van der Waals surface area contributed by atoms with E-state index in [1.54, 1.807) is 81.0 Å². The van der Waals surface area contributed by atoms with E-state index in [1.807, 2.05) is 156 Å². The SMILES string of the molecule is Cc1ccc(C(=O)Oc2cccc(C3CN(C(=O)c4ccc(C)s4)CCO3)c2)s1.Cc1csc(C2CN(Cc3ccn(C)c(=O)c3)CCO2)n1.Cc1nc(C2CN(C(=O)c3cnc(C)s3)CCO2)n[nH]1.Cc1noc(CN2CCOC(c3nc(-c4ccccc4)cs3)C2)n1.FC(F)Oc1ccc(N2CCOC(c3ccc(Br)cc3)C2)nc1.NC(=O)CCN1CCOC(c2nc(-c3ccccc3)cs2)C1. The number of thiophene rings is 2. The fraction of sp³-hybridized carbons (Fsp3) is 0.367. The number of ether oxygens (including phenoxy) is 8. The number of nitrogens with zero attached hydrogens (tertiary/aromatic N) is 16. The van der Waals surface area contributed by atoms with Crippen LogP contribution in [0.4, 0.5) is 14.6 Å². The van der Waals surface area contributed by atoms with E-state index >= 15 is 0 Å². The molecule has 16 heterocycles. The van der Waals surface area contributed by atoms with Gasteiger partial charge in [-0.15, -0.1) is 68.0 Å². The van der Waals surface area contributed by atoms with Crippen LogP contribution in [0.25, 0.3) is 22.5 Å². The fourth-order valence-corrected chi connectivity index (χ4v) is 20.7. The van der Waals surface area contributed by atoms with Gasteiger partial charge in [-0.3, -0.25) is 39.0 Å². The summed E-state index contributed by atoms with van der Waals surface area (Å²) in [6, 6.07) is 50.1. The van der Waals surface area contributed by atoms with Crippen LogP contribution < -0.4 is 25.7 Å². The number of aryl methyl sites for hydroxylation is 7. The van der Waals surface area contributed by atoms with Gasteiger partial charge in [0.25, 0.3) is 17.4 Å². The van der Waals surface area contributed by atoms with Gasteiger partial charge in [0.15, 0.2) is 11.6 Å². The molecule has 0 bridgehead atoms. The Morgan fingerprint density at radius 3 is 1.67 bits per heavy atom. The van der Waals surface area contributed by atoms with Crippen LogP contribution in [0.1, 0.15) is 148 Å². The molecule has 3 N–H and O–H groups in total. The van der Waals surface area contributed by atoms with Crippen LogP contribution in [0.2, 0.25) is 0 Å². The highest BCUT2D eigenvalue weighted by molar-refractivity contribution is 9.10. The zero-order valence-electron chi connectivity index (χ0n) is 77.6. The standard InChI is InChI=1S/C22H21NO4S2.C17H18N4O2S.C16H15BrF2N2O2.C16H19N3O2S.C15H19N3O2S.C12H15N5O2S/c1-14-6-8-19(28-14)21(24)23-10-11-26-18(13-23)16-4-3-5-17(12-16)27-22(25)20-9-7-15(2)29-20;1-12-18-16(23-20-12)10-21-7-8-22-15(9-21)17-19-14(11-24-17)13-5-3-2-4-6-13;17-12-3-1-11(2-4-12)14-10-21(7-8-22-14)15-6-5-13(9-20-15)23-16(18)19;17-15(20)6-7-19-8-9-21-14(10-19)16-18-13(11-22-16)12-4-2-1-3-5-12;1-11-10-21-15(16-11)13-9-18(5-6-20-13)8-12-3-4-17(2)14(19)7-12;1-7-14-11(16-15-7)9-6-17(3-4-19-9)12(18)10-5-13-8(2)20-10/h3-9,12,18H,10-11,13H2,1-2H3;2-6,11,15H,7-10H2,1H3;1-6,9,14,16H,7-8,10H2;1-5,11,14H,6-10H2,(H2,17,20);3-4,7,10,13H,5-6,8-9H2,1-2H3;5,9H,3-4,6H2,1-2H3,(H,14,15,16). The Kier molecular flexibility index (Phi) is 36.8. The number of halogens is 3. The Bertz CT molecular complexity index is 6360. The molecule has 3 amide bonds. The number of benzene rings is 4. The molecule has 41 heteroatoms. The number of anilines is 1. The number of thiazole rings is 4. The number of nitrogens with one attached hydrogen (secondary N) is 1. The largest absolute Gasteiger partial charge is 0.433 e. The van der Waals surface area contributed by atoms with Crippen LogP contribution in [0, 0.1) is 41.5 Å². The molecule has 6 aliphatic rings. The van der Waals surface area contributed by atoms with E-state index in [4.69, 9.17) is 53.4 Å². The van der Waals surface area contributed by atoms with E-state index in [2.05, 4.69) is 121 Å². The zero-order chi connectivity index (χ0) is 97.3. The smallest absolute Gasteiger partial charge is 0.387 e. The van der Waals surface area contributed by atoms with Crippen LogP contribution in [0.3, 0.4) is 0 Å². The van der Waals surface area contributed by atoms with Crippen molar-refractivity contribution in [2.24, 2.45) is 12.8 Å². The van der Waals surface area contributed by atoms with Gasteiger partial charge < -0.3 is 67.4 Å². The molecule has 20 rings (SSSR count). The lowest BCUT2D eigenvalue weighted by Gasteiger charge is -2.34. The normalized spacial score (nSPS) is 18.5. The van der Waals surface area contributed by atoms with Crippen molar-refractivity contribution in [3.8, 4) is 34.0 Å². The lowest BCUT2D eigenvalue weighted by atomic mass is 10.1. The lowest BCUT2D eigenvalue weighted by Crippen LogP contribution is -2.42. The summed E-state index contributed by atoms with van der Waals surface area (Å²) in [4.78, 5) is 108. The number of carbonyl (C=O) groups is 4. The molecule has 4 aromatic carbocycles. The van der Waals surface area contributed by atoms with Gasteiger partial charge in [0, 0.05) is 151 Å². The third-order valence-corrected chi connectivity index (χ3v) is 29.0. The van der Waals surface area contributed by atoms with Gasteiger partial charge in [-0.2, -0.15) is 18.9 Å². The Hall–Kier alpha value is -11.4. The minimum absolute atomic E-state index is 0.00356. The quantitative estimate of drug-likeness (QED) is 0.0470. The summed E-state index contributed by atoms with van der Waals surface area (Å²) in [5.74, 6) is 3.31. The molecular weight excluding hydrogens is 1960 g/mol. The third kappa shape index (κ3) is 29.9. The van der Waals surface area contributed by atoms with Gasteiger partial charge in [0.05, 0.1) is 92.9 Å². The number of alkyl halides is 2. The van der Waals surface area contributed by atoms with Crippen LogP contribution in [0.15, 0.2) is 206 Å². The minimum atomic E-state index is -2.84. The summed E-state index contributed by atoms with van der Waals surface area (Å²) in [6.07, 6.45) is 4.59. The number of rotatable bonds is 22. The molecule has 6 saturated heterocycles. The molecular formula is C98H107BrF2N18O14S6. The molecule has 0 aliphatic carbocycles. The highest BCUT2D eigenvalue weighted by Gasteiger charge is 2.34. The highest BCUT2D eigenvalue weighted by Crippen LogP contribution is 2.36. The van der Waals surface area contributed by atoms with Crippen molar-refractivity contribution in [1.82, 2.24) is 79.3 Å². The molecule has 6 aliphatic heterocycles. The Balaban J connectivity index is 0.000000127. The second-order valence-corrected chi connectivity index (χ2v) is 40.5. The predicted molar refractivity (Wildman–Crippen MR) is 532 cm³/mol. The van der Waals surface area contributed by atoms with Crippen LogP contribution in [-0.2, 0) is 53.4 Å². The van der Waals surface area contributed by atoms with Gasteiger partial charge in [-0.05, 0) is 125 Å². The van der Waals surface area contributed by atoms with Crippen molar-refractivity contribution in [2.45, 2.75) is 104 Å². The van der Waals surface area contributed by atoms with E-state index < -0.39 is 6.61 Å². The third-order valence-electron chi connectivity index (χ3n) is 22.6. The first-order valence-corrected chi connectivity index (χ1v) is 51.0. The summed E-state index contributed by atoms with van der Waals surface area (Å²) in [5, 5.41) is 20.9. The van der Waals surface area contributed by atoms with E-state index in [9.17, 15) is 32.8 Å². The van der Waals surface area contributed by atoms with Gasteiger partial charge in [-0.25, -0.2) is 34.7 Å². The first-order valence-electron chi connectivity index (χ1n) is 45.2. The number of H-pyrrole nitrogens is 1. The Labute approximate surface area is 835 Å². The molecule has 0 saturated carbocycles. The molecule has 6 fully saturated rings. The van der Waals surface area contributed by atoms with Crippen molar-refractivity contribution in [3.63, 3.8) is 0 Å². The van der Waals surface area contributed by atoms with Gasteiger partial charge >= 0.3 is 12.6 Å². The molecule has 32 nitrogen and oxygen atoms in total. The van der Waals surface area contributed by atoms with Gasteiger partial charge in [-0.1, -0.05) is 106 Å². The first-order chi connectivity index (χ1) is 67.3. The number of hydrogen-bond donors (Lipinski definition) is 2. The average Bonchev–Trinajstić information content (AvgIpc) is 1.81. The van der Waals surface area contributed by atoms with Crippen molar-refractivity contribution in [2.75, 3.05) is 130 Å². The number of nitrogens with two attached hydrogens (primary N) is 1. The number of morpholine rings is 6. The number of aromatic amines is 1. The number of pyridine rings is 2. The topological polar surface area (TPSA) is 355 Å². The second kappa shape index (κ2) is 50.2. The average molecular weight is 2070 g/mol. The van der Waals surface area contributed by atoms with Crippen molar-refractivity contribution < 1.29 is 70.4 Å². The van der Waals surface area contributed by atoms with Gasteiger partial charge in [0.1, 0.15) is 84.5 Å². The highest BCUT2D eigenvalue weighted by atomic mass is 79.9. The van der Waals surface area contributed by atoms with E-state index in [0.29, 0.717) is 131 Å². The maximum absolute atomic E-state index is 12.8. The number of esters is 1. The number of primary amides is 1. The number of hydrogen-bond acceptors (Lipinski definition) is 33. The Morgan fingerprint density at radius 2 is 1.11 bits per heavy atom. The number of amides is 3. The molecule has 0 radical (unpaired) electrons. The summed E-state index contributed by atoms with van der Waals surface area (Å²) < 4.78 is 77.0. The predicted octanol–water partition coefficient (Wildman–Crippen LogP) is 16.8. The molecule has 14 aromatic rings. The van der Waals surface area contributed by atoms with E-state index in [0.717, 1.165) is 141 Å². The second-order valence-electron chi connectivity index (χ2n) is 33.1. The number of carbonyl (C=O) groups excluding carboxylic acids is 4. The summed E-state index contributed by atoms with van der Waals surface area (Å²) in [7, 11) is 1.77. The molecule has 6 atom stereocenters. The van der Waals surface area contributed by atoms with E-state index in [-0.39, 0.29) is 71.6 Å². The van der Waals surface area contributed by atoms with Crippen LogP contribution >= 0.6 is 84.0 Å². The molecule has 6 unspecified atom stereocenters. The van der Waals surface area contributed by atoms with Crippen molar-refractivity contribution >= 4 is 113 Å². The maximum atomic E-state index is 12.8.